The van der Waals surface area contributed by atoms with E-state index in [4.69, 9.17) is 11.6 Å². The number of rotatable bonds is 4. The number of pyridine rings is 2. The summed E-state index contributed by atoms with van der Waals surface area (Å²) in [6.07, 6.45) is 8.91. The van der Waals surface area contributed by atoms with Crippen LogP contribution in [0.1, 0.15) is 22.4 Å². The highest BCUT2D eigenvalue weighted by Gasteiger charge is 2.11. The van der Waals surface area contributed by atoms with Crippen molar-refractivity contribution in [3.63, 3.8) is 0 Å². The largest absolute Gasteiger partial charge is 0.361 e. The number of aromatic amines is 1. The Bertz CT molecular complexity index is 1230. The third kappa shape index (κ3) is 3.46. The summed E-state index contributed by atoms with van der Waals surface area (Å²) in [6.45, 7) is 2.05. The molecule has 0 fully saturated rings. The standard InChI is InChI=1S/C22H16ClN5/c1-14-18-9-10-26-20(18)8-7-19(14)28-22-15(12-25-13-16(22)11-24)5-6-17-3-2-4-21(23)27-17/h2-10,12-13,26H,1H3,(H,25,28)/b6-5+. The maximum atomic E-state index is 9.56. The zero-order valence-corrected chi connectivity index (χ0v) is 15.8. The Balaban J connectivity index is 1.75. The van der Waals surface area contributed by atoms with Gasteiger partial charge >= 0.3 is 0 Å². The highest BCUT2D eigenvalue weighted by Crippen LogP contribution is 2.31. The van der Waals surface area contributed by atoms with Gasteiger partial charge in [-0.15, -0.1) is 0 Å². The van der Waals surface area contributed by atoms with Gasteiger partial charge in [0.2, 0.25) is 0 Å². The molecule has 3 heterocycles. The van der Waals surface area contributed by atoms with Gasteiger partial charge in [-0.25, -0.2) is 4.98 Å². The van der Waals surface area contributed by atoms with Crippen molar-refractivity contribution in [1.82, 2.24) is 15.0 Å². The molecule has 1 aromatic carbocycles. The summed E-state index contributed by atoms with van der Waals surface area (Å²) >= 11 is 5.95. The molecular weight excluding hydrogens is 370 g/mol. The van der Waals surface area contributed by atoms with Crippen molar-refractivity contribution >= 4 is 46.0 Å². The number of hydrogen-bond donors (Lipinski definition) is 2. The van der Waals surface area contributed by atoms with Crippen LogP contribution in [0.5, 0.6) is 0 Å². The second-order valence-electron chi connectivity index (χ2n) is 6.28. The second-order valence-corrected chi connectivity index (χ2v) is 6.67. The molecule has 6 heteroatoms. The molecule has 2 N–H and O–H groups in total. The summed E-state index contributed by atoms with van der Waals surface area (Å²) in [7, 11) is 0. The number of halogens is 1. The van der Waals surface area contributed by atoms with Gasteiger partial charge in [-0.1, -0.05) is 17.7 Å². The summed E-state index contributed by atoms with van der Waals surface area (Å²) in [5.74, 6) is 0. The predicted octanol–water partition coefficient (Wildman–Crippen LogP) is 5.71. The molecule has 0 radical (unpaired) electrons. The van der Waals surface area contributed by atoms with E-state index >= 15 is 0 Å². The van der Waals surface area contributed by atoms with Crippen molar-refractivity contribution < 1.29 is 0 Å². The highest BCUT2D eigenvalue weighted by molar-refractivity contribution is 6.29. The van der Waals surface area contributed by atoms with E-state index in [1.54, 1.807) is 18.5 Å². The number of aryl methyl sites for hydroxylation is 1. The lowest BCUT2D eigenvalue weighted by Crippen LogP contribution is -1.99. The molecule has 3 aromatic heterocycles. The number of benzene rings is 1. The monoisotopic (exact) mass is 385 g/mol. The molecule has 5 nitrogen and oxygen atoms in total. The number of anilines is 2. The summed E-state index contributed by atoms with van der Waals surface area (Å²) in [6, 6.07) is 13.7. The molecule has 0 bridgehead atoms. The fourth-order valence-corrected chi connectivity index (χ4v) is 3.24. The zero-order valence-electron chi connectivity index (χ0n) is 15.1. The van der Waals surface area contributed by atoms with Crippen LogP contribution >= 0.6 is 11.6 Å². The number of fused-ring (bicyclic) bond motifs is 1. The molecule has 0 aliphatic carbocycles. The Morgan fingerprint density at radius 2 is 2.04 bits per heavy atom. The maximum absolute atomic E-state index is 9.56. The number of nitrogens with one attached hydrogen (secondary N) is 2. The molecule has 0 amide bonds. The molecule has 28 heavy (non-hydrogen) atoms. The summed E-state index contributed by atoms with van der Waals surface area (Å²) < 4.78 is 0. The van der Waals surface area contributed by atoms with Gasteiger partial charge in [0.15, 0.2) is 0 Å². The minimum atomic E-state index is 0.430. The lowest BCUT2D eigenvalue weighted by atomic mass is 10.1. The predicted molar refractivity (Wildman–Crippen MR) is 113 cm³/mol. The third-order valence-corrected chi connectivity index (χ3v) is 4.74. The van der Waals surface area contributed by atoms with Gasteiger partial charge in [0, 0.05) is 40.7 Å². The van der Waals surface area contributed by atoms with Crippen LogP contribution in [0.3, 0.4) is 0 Å². The first-order chi connectivity index (χ1) is 13.7. The van der Waals surface area contributed by atoms with E-state index < -0.39 is 0 Å². The third-order valence-electron chi connectivity index (χ3n) is 4.53. The van der Waals surface area contributed by atoms with Crippen LogP contribution in [0.4, 0.5) is 11.4 Å². The molecule has 0 aliphatic heterocycles. The van der Waals surface area contributed by atoms with Crippen LogP contribution < -0.4 is 5.32 Å². The van der Waals surface area contributed by atoms with E-state index in [0.29, 0.717) is 16.4 Å². The van der Waals surface area contributed by atoms with E-state index in [9.17, 15) is 5.26 Å². The van der Waals surface area contributed by atoms with Crippen LogP contribution in [0, 0.1) is 18.3 Å². The van der Waals surface area contributed by atoms with Crippen molar-refractivity contribution in [2.75, 3.05) is 5.32 Å². The molecule has 0 saturated heterocycles. The summed E-state index contributed by atoms with van der Waals surface area (Å²) in [5, 5.41) is 14.5. The van der Waals surface area contributed by atoms with E-state index in [2.05, 4.69) is 33.3 Å². The first kappa shape index (κ1) is 17.8. The minimum absolute atomic E-state index is 0.430. The first-order valence-corrected chi connectivity index (χ1v) is 9.06. The minimum Gasteiger partial charge on any atom is -0.361 e. The van der Waals surface area contributed by atoms with Crippen LogP contribution in [0.15, 0.2) is 55.0 Å². The van der Waals surface area contributed by atoms with Crippen molar-refractivity contribution in [3.05, 3.63) is 82.5 Å². The fraction of sp³-hybridized carbons (Fsp3) is 0.0455. The molecule has 0 aliphatic rings. The summed E-state index contributed by atoms with van der Waals surface area (Å²) in [5.41, 5.74) is 5.80. The van der Waals surface area contributed by atoms with Crippen LogP contribution in [-0.4, -0.2) is 15.0 Å². The normalized spacial score (nSPS) is 11.0. The van der Waals surface area contributed by atoms with Crippen molar-refractivity contribution in [2.45, 2.75) is 6.92 Å². The Morgan fingerprint density at radius 3 is 2.86 bits per heavy atom. The SMILES string of the molecule is Cc1c(Nc2c(C#N)cncc2/C=C/c2cccc(Cl)n2)ccc2[nH]ccc12. The number of hydrogen-bond acceptors (Lipinski definition) is 4. The first-order valence-electron chi connectivity index (χ1n) is 8.68. The Hall–Kier alpha value is -3.62. The van der Waals surface area contributed by atoms with Gasteiger partial charge < -0.3 is 10.3 Å². The van der Waals surface area contributed by atoms with Crippen molar-refractivity contribution in [3.8, 4) is 6.07 Å². The molecule has 0 atom stereocenters. The van der Waals surface area contributed by atoms with Gasteiger partial charge in [0.05, 0.1) is 16.9 Å². The van der Waals surface area contributed by atoms with E-state index in [0.717, 1.165) is 33.4 Å². The zero-order chi connectivity index (χ0) is 19.5. The van der Waals surface area contributed by atoms with Gasteiger partial charge in [0.1, 0.15) is 11.2 Å². The number of aromatic nitrogens is 3. The van der Waals surface area contributed by atoms with Crippen molar-refractivity contribution in [2.24, 2.45) is 0 Å². The highest BCUT2D eigenvalue weighted by atomic mass is 35.5. The molecule has 136 valence electrons. The number of nitriles is 1. The van der Waals surface area contributed by atoms with Crippen molar-refractivity contribution in [1.29, 1.82) is 5.26 Å². The van der Waals surface area contributed by atoms with Gasteiger partial charge in [-0.05, 0) is 55.0 Å². The average molecular weight is 386 g/mol. The van der Waals surface area contributed by atoms with Gasteiger partial charge in [-0.2, -0.15) is 5.26 Å². The Labute approximate surface area is 167 Å². The lowest BCUT2D eigenvalue weighted by molar-refractivity contribution is 1.28. The van der Waals surface area contributed by atoms with Crippen LogP contribution in [0.2, 0.25) is 5.15 Å². The smallest absolute Gasteiger partial charge is 0.129 e. The quantitative estimate of drug-likeness (QED) is 0.441. The van der Waals surface area contributed by atoms with Crippen LogP contribution in [0.25, 0.3) is 23.1 Å². The molecule has 4 rings (SSSR count). The lowest BCUT2D eigenvalue weighted by Gasteiger charge is -2.14. The number of nitrogens with zero attached hydrogens (tertiary/aromatic N) is 3. The van der Waals surface area contributed by atoms with E-state index in [1.807, 2.05) is 48.7 Å². The summed E-state index contributed by atoms with van der Waals surface area (Å²) in [4.78, 5) is 11.7. The molecule has 0 saturated carbocycles. The second kappa shape index (κ2) is 7.55. The topological polar surface area (TPSA) is 77.4 Å². The van der Waals surface area contributed by atoms with Crippen LogP contribution in [-0.2, 0) is 0 Å². The van der Waals surface area contributed by atoms with Gasteiger partial charge in [-0.3, -0.25) is 4.98 Å². The fourth-order valence-electron chi connectivity index (χ4n) is 3.07. The molecule has 0 unspecified atom stereocenters. The average Bonchev–Trinajstić information content (AvgIpc) is 3.19. The Morgan fingerprint density at radius 1 is 1.14 bits per heavy atom. The molecule has 4 aromatic rings. The van der Waals surface area contributed by atoms with E-state index in [1.165, 1.54) is 0 Å². The number of H-pyrrole nitrogens is 1. The van der Waals surface area contributed by atoms with E-state index in [-0.39, 0.29) is 0 Å². The van der Waals surface area contributed by atoms with Gasteiger partial charge in [0.25, 0.3) is 0 Å². The Kier molecular flexibility index (Phi) is 4.79. The maximum Gasteiger partial charge on any atom is 0.129 e. The molecular formula is C22H16ClN5. The molecule has 0 spiro atoms.